The van der Waals surface area contributed by atoms with Crippen LogP contribution >= 0.6 is 0 Å². The molecule has 0 aliphatic carbocycles. The van der Waals surface area contributed by atoms with Crippen molar-refractivity contribution in [2.75, 3.05) is 7.11 Å². The summed E-state index contributed by atoms with van der Waals surface area (Å²) in [6, 6.07) is 17.8. The van der Waals surface area contributed by atoms with Crippen molar-refractivity contribution in [3.05, 3.63) is 78.1 Å². The van der Waals surface area contributed by atoms with E-state index in [4.69, 9.17) is 4.74 Å². The highest BCUT2D eigenvalue weighted by Crippen LogP contribution is 2.12. The summed E-state index contributed by atoms with van der Waals surface area (Å²) in [6.07, 6.45) is 4.11. The van der Waals surface area contributed by atoms with Crippen LogP contribution in [0.5, 0.6) is 0 Å². The molecule has 0 aliphatic heterocycles. The van der Waals surface area contributed by atoms with Crippen molar-refractivity contribution in [1.29, 1.82) is 0 Å². The SMILES string of the molecule is COC(=O)c1ccccc1C[n+]1ccc2ccccc2c1. The minimum absolute atomic E-state index is 0.299. The first-order chi connectivity index (χ1) is 10.3. The standard InChI is InChI=1S/C18H16NO2/c1-21-18(20)17-9-5-4-8-16(17)13-19-11-10-14-6-2-3-7-15(14)12-19/h2-12H,13H2,1H3/q+1. The lowest BCUT2D eigenvalue weighted by Crippen LogP contribution is -2.34. The molecule has 0 aliphatic rings. The summed E-state index contributed by atoms with van der Waals surface area (Å²) in [7, 11) is 1.41. The molecule has 0 bridgehead atoms. The maximum Gasteiger partial charge on any atom is 0.338 e. The molecule has 0 saturated carbocycles. The largest absolute Gasteiger partial charge is 0.465 e. The van der Waals surface area contributed by atoms with E-state index in [2.05, 4.69) is 29.0 Å². The molecule has 0 N–H and O–H groups in total. The molecule has 3 rings (SSSR count). The van der Waals surface area contributed by atoms with Gasteiger partial charge >= 0.3 is 5.97 Å². The van der Waals surface area contributed by atoms with E-state index >= 15 is 0 Å². The fraction of sp³-hybridized carbons (Fsp3) is 0.111. The highest BCUT2D eigenvalue weighted by atomic mass is 16.5. The maximum absolute atomic E-state index is 11.8. The molecule has 1 aromatic heterocycles. The molecule has 0 atom stereocenters. The van der Waals surface area contributed by atoms with Crippen LogP contribution in [0.25, 0.3) is 10.8 Å². The van der Waals surface area contributed by atoms with Gasteiger partial charge in [0, 0.05) is 17.0 Å². The minimum atomic E-state index is -0.299. The number of nitrogens with zero attached hydrogens (tertiary/aromatic N) is 1. The number of rotatable bonds is 3. The Kier molecular flexibility index (Phi) is 3.65. The molecule has 0 radical (unpaired) electrons. The highest BCUT2D eigenvalue weighted by Gasteiger charge is 2.14. The molecule has 0 saturated heterocycles. The number of benzene rings is 2. The molecule has 0 unspecified atom stereocenters. The van der Waals surface area contributed by atoms with Gasteiger partial charge in [-0.15, -0.1) is 0 Å². The van der Waals surface area contributed by atoms with Gasteiger partial charge in [0.15, 0.2) is 18.9 Å². The van der Waals surface area contributed by atoms with Gasteiger partial charge in [-0.25, -0.2) is 9.36 Å². The molecule has 1 heterocycles. The van der Waals surface area contributed by atoms with E-state index in [1.165, 1.54) is 17.9 Å². The molecule has 3 nitrogen and oxygen atoms in total. The van der Waals surface area contributed by atoms with Gasteiger partial charge in [-0.3, -0.25) is 0 Å². The second kappa shape index (κ2) is 5.75. The van der Waals surface area contributed by atoms with E-state index < -0.39 is 0 Å². The van der Waals surface area contributed by atoms with E-state index in [-0.39, 0.29) is 5.97 Å². The smallest absolute Gasteiger partial charge is 0.338 e. The van der Waals surface area contributed by atoms with Gasteiger partial charge in [0.05, 0.1) is 12.7 Å². The van der Waals surface area contributed by atoms with Crippen LogP contribution in [0.4, 0.5) is 0 Å². The number of aromatic nitrogens is 1. The molecule has 2 aromatic carbocycles. The summed E-state index contributed by atoms with van der Waals surface area (Å²) < 4.78 is 6.91. The topological polar surface area (TPSA) is 30.2 Å². The van der Waals surface area contributed by atoms with E-state index in [9.17, 15) is 4.79 Å². The third-order valence-electron chi connectivity index (χ3n) is 3.52. The number of pyridine rings is 1. The van der Waals surface area contributed by atoms with Gasteiger partial charge in [-0.2, -0.15) is 0 Å². The van der Waals surface area contributed by atoms with Crippen molar-refractivity contribution in [1.82, 2.24) is 0 Å². The lowest BCUT2D eigenvalue weighted by molar-refractivity contribution is -0.687. The van der Waals surface area contributed by atoms with Crippen LogP contribution in [0.3, 0.4) is 0 Å². The predicted octanol–water partition coefficient (Wildman–Crippen LogP) is 2.96. The Labute approximate surface area is 123 Å². The summed E-state index contributed by atoms with van der Waals surface area (Å²) in [5, 5.41) is 2.38. The normalized spacial score (nSPS) is 10.5. The lowest BCUT2D eigenvalue weighted by atomic mass is 10.1. The number of methoxy groups -OCH3 is 1. The second-order valence-electron chi connectivity index (χ2n) is 4.89. The average Bonchev–Trinajstić information content (AvgIpc) is 2.54. The van der Waals surface area contributed by atoms with Crippen molar-refractivity contribution in [3.8, 4) is 0 Å². The fourth-order valence-corrected chi connectivity index (χ4v) is 2.44. The van der Waals surface area contributed by atoms with Crippen LogP contribution in [-0.2, 0) is 11.3 Å². The Morgan fingerprint density at radius 1 is 1.00 bits per heavy atom. The van der Waals surface area contributed by atoms with E-state index in [1.54, 1.807) is 6.07 Å². The Morgan fingerprint density at radius 2 is 1.71 bits per heavy atom. The number of carbonyl (C=O) groups excluding carboxylic acids is 1. The van der Waals surface area contributed by atoms with Crippen LogP contribution in [0.2, 0.25) is 0 Å². The first kappa shape index (κ1) is 13.3. The molecular weight excluding hydrogens is 262 g/mol. The van der Waals surface area contributed by atoms with Crippen molar-refractivity contribution < 1.29 is 14.1 Å². The second-order valence-corrected chi connectivity index (χ2v) is 4.89. The van der Waals surface area contributed by atoms with Gasteiger partial charge in [0.25, 0.3) is 0 Å². The maximum atomic E-state index is 11.8. The summed E-state index contributed by atoms with van der Waals surface area (Å²) in [5.41, 5.74) is 1.56. The summed E-state index contributed by atoms with van der Waals surface area (Å²) in [6.45, 7) is 0.635. The molecular formula is C18H16NO2+. The molecule has 3 heteroatoms. The van der Waals surface area contributed by atoms with Crippen molar-refractivity contribution in [2.45, 2.75) is 6.54 Å². The van der Waals surface area contributed by atoms with Crippen LogP contribution in [0, 0.1) is 0 Å². The Morgan fingerprint density at radius 3 is 2.52 bits per heavy atom. The Balaban J connectivity index is 1.97. The fourth-order valence-electron chi connectivity index (χ4n) is 2.44. The van der Waals surface area contributed by atoms with Crippen LogP contribution < -0.4 is 4.57 Å². The zero-order chi connectivity index (χ0) is 14.7. The minimum Gasteiger partial charge on any atom is -0.465 e. The van der Waals surface area contributed by atoms with Crippen LogP contribution in [0.1, 0.15) is 15.9 Å². The quantitative estimate of drug-likeness (QED) is 0.544. The molecule has 21 heavy (non-hydrogen) atoms. The van der Waals surface area contributed by atoms with Gasteiger partial charge in [-0.05, 0) is 17.5 Å². The Hall–Kier alpha value is -2.68. The number of hydrogen-bond donors (Lipinski definition) is 0. The predicted molar refractivity (Wildman–Crippen MR) is 81.0 cm³/mol. The van der Waals surface area contributed by atoms with Gasteiger partial charge in [0.1, 0.15) is 0 Å². The zero-order valence-electron chi connectivity index (χ0n) is 11.8. The first-order valence-corrected chi connectivity index (χ1v) is 6.82. The van der Waals surface area contributed by atoms with Gasteiger partial charge in [0.2, 0.25) is 0 Å². The summed E-state index contributed by atoms with van der Waals surface area (Å²) in [4.78, 5) is 11.8. The number of esters is 1. The summed E-state index contributed by atoms with van der Waals surface area (Å²) in [5.74, 6) is -0.299. The van der Waals surface area contributed by atoms with Crippen molar-refractivity contribution in [2.24, 2.45) is 0 Å². The zero-order valence-corrected chi connectivity index (χ0v) is 11.8. The molecule has 104 valence electrons. The third kappa shape index (κ3) is 2.77. The van der Waals surface area contributed by atoms with E-state index in [0.29, 0.717) is 12.1 Å². The third-order valence-corrected chi connectivity index (χ3v) is 3.52. The lowest BCUT2D eigenvalue weighted by Gasteiger charge is -2.05. The highest BCUT2D eigenvalue weighted by molar-refractivity contribution is 5.90. The van der Waals surface area contributed by atoms with Gasteiger partial charge < -0.3 is 4.74 Å². The number of fused-ring (bicyclic) bond motifs is 1. The number of carbonyl (C=O) groups is 1. The average molecular weight is 278 g/mol. The first-order valence-electron chi connectivity index (χ1n) is 6.82. The van der Waals surface area contributed by atoms with E-state index in [1.807, 2.05) is 36.5 Å². The van der Waals surface area contributed by atoms with Crippen molar-refractivity contribution in [3.63, 3.8) is 0 Å². The molecule has 0 fully saturated rings. The van der Waals surface area contributed by atoms with Crippen LogP contribution in [-0.4, -0.2) is 13.1 Å². The molecule has 3 aromatic rings. The Bertz CT molecular complexity index is 796. The molecule has 0 spiro atoms. The number of ether oxygens (including phenoxy) is 1. The monoisotopic (exact) mass is 278 g/mol. The van der Waals surface area contributed by atoms with Crippen LogP contribution in [0.15, 0.2) is 67.0 Å². The number of hydrogen-bond acceptors (Lipinski definition) is 2. The van der Waals surface area contributed by atoms with E-state index in [0.717, 1.165) is 5.56 Å². The van der Waals surface area contributed by atoms with Crippen molar-refractivity contribution >= 4 is 16.7 Å². The molecule has 0 amide bonds. The summed E-state index contributed by atoms with van der Waals surface area (Å²) >= 11 is 0. The van der Waals surface area contributed by atoms with Gasteiger partial charge in [-0.1, -0.05) is 36.4 Å².